The summed E-state index contributed by atoms with van der Waals surface area (Å²) in [7, 11) is 0. The van der Waals surface area contributed by atoms with Crippen LogP contribution in [0.5, 0.6) is 0 Å². The van der Waals surface area contributed by atoms with E-state index >= 15 is 0 Å². The Kier molecular flexibility index (Phi) is 1.55. The van der Waals surface area contributed by atoms with Crippen LogP contribution in [0.2, 0.25) is 0 Å². The van der Waals surface area contributed by atoms with Gasteiger partial charge in [0, 0.05) is 9.65 Å². The number of rotatable bonds is 0. The lowest BCUT2D eigenvalue weighted by molar-refractivity contribution is 0.557. The number of halogens is 2. The van der Waals surface area contributed by atoms with Gasteiger partial charge in [0.25, 0.3) is 0 Å². The van der Waals surface area contributed by atoms with E-state index in [-0.39, 0.29) is 0 Å². The van der Waals surface area contributed by atoms with E-state index in [1.165, 1.54) is 12.8 Å². The van der Waals surface area contributed by atoms with Gasteiger partial charge in [0.05, 0.1) is 0 Å². The second-order valence-corrected chi connectivity index (χ2v) is 3.96. The van der Waals surface area contributed by atoms with Crippen LogP contribution < -0.4 is 0 Å². The van der Waals surface area contributed by atoms with Crippen molar-refractivity contribution in [3.8, 4) is 0 Å². The molecule has 6 heavy (non-hydrogen) atoms. The molecule has 2 heteroatoms. The van der Waals surface area contributed by atoms with Crippen LogP contribution in [0, 0.1) is 0 Å². The number of alkyl halides is 2. The van der Waals surface area contributed by atoms with Gasteiger partial charge in [0.15, 0.2) is 0 Å². The third-order valence-corrected chi connectivity index (χ3v) is 4.01. The zero-order valence-corrected chi connectivity index (χ0v) is 6.50. The Balaban J connectivity index is 2.20. The van der Waals surface area contributed by atoms with E-state index in [0.29, 0.717) is 0 Å². The van der Waals surface area contributed by atoms with Crippen molar-refractivity contribution in [2.75, 3.05) is 0 Å². The zero-order valence-electron chi connectivity index (χ0n) is 3.32. The van der Waals surface area contributed by atoms with Crippen molar-refractivity contribution in [1.82, 2.24) is 0 Å². The quantitative estimate of drug-likeness (QED) is 0.542. The molecule has 1 saturated carbocycles. The molecule has 0 aromatic carbocycles. The molecule has 1 aliphatic rings. The van der Waals surface area contributed by atoms with Gasteiger partial charge in [-0.3, -0.25) is 0 Å². The van der Waals surface area contributed by atoms with Crippen LogP contribution in [0.4, 0.5) is 0 Å². The highest BCUT2D eigenvalue weighted by Gasteiger charge is 2.24. The van der Waals surface area contributed by atoms with E-state index in [2.05, 4.69) is 31.9 Å². The Morgan fingerprint density at radius 1 is 1.00 bits per heavy atom. The van der Waals surface area contributed by atoms with Crippen LogP contribution >= 0.6 is 31.9 Å². The lowest BCUT2D eigenvalue weighted by Crippen LogP contribution is -2.25. The maximum absolute atomic E-state index is 3.48. The number of hydrogen-bond donors (Lipinski definition) is 0. The molecule has 36 valence electrons. The largest absolute Gasteiger partial charge is 0.0879 e. The summed E-state index contributed by atoms with van der Waals surface area (Å²) in [6.45, 7) is 0. The van der Waals surface area contributed by atoms with Crippen LogP contribution in [-0.4, -0.2) is 9.65 Å². The van der Waals surface area contributed by atoms with Gasteiger partial charge in [-0.2, -0.15) is 0 Å². The fourth-order valence-corrected chi connectivity index (χ4v) is 1.48. The van der Waals surface area contributed by atoms with Gasteiger partial charge in [0.2, 0.25) is 0 Å². The third-order valence-electron chi connectivity index (χ3n) is 1.11. The Morgan fingerprint density at radius 3 is 1.33 bits per heavy atom. The molecule has 0 radical (unpaired) electrons. The molecule has 0 aromatic heterocycles. The van der Waals surface area contributed by atoms with E-state index < -0.39 is 0 Å². The van der Waals surface area contributed by atoms with Crippen LogP contribution in [-0.2, 0) is 0 Å². The van der Waals surface area contributed by atoms with Crippen molar-refractivity contribution < 1.29 is 0 Å². The first-order chi connectivity index (χ1) is 2.80. The molecule has 1 fully saturated rings. The summed E-state index contributed by atoms with van der Waals surface area (Å²) in [6.07, 6.45) is 2.69. The Labute approximate surface area is 54.6 Å². The third kappa shape index (κ3) is 0.784. The van der Waals surface area contributed by atoms with Crippen molar-refractivity contribution in [1.29, 1.82) is 0 Å². The summed E-state index contributed by atoms with van der Waals surface area (Å²) in [5, 5.41) is 0. The molecular formula is C4H6Br2. The van der Waals surface area contributed by atoms with Crippen molar-refractivity contribution in [3.63, 3.8) is 0 Å². The Bertz CT molecular complexity index is 45.5. The lowest BCUT2D eigenvalue weighted by Gasteiger charge is -2.25. The van der Waals surface area contributed by atoms with Gasteiger partial charge in [-0.1, -0.05) is 31.9 Å². The SMILES string of the molecule is Br[C@H]1CC[C@@H]1Br. The van der Waals surface area contributed by atoms with Crippen LogP contribution in [0.3, 0.4) is 0 Å². The van der Waals surface area contributed by atoms with E-state index in [4.69, 9.17) is 0 Å². The van der Waals surface area contributed by atoms with E-state index in [1.807, 2.05) is 0 Å². The first-order valence-corrected chi connectivity index (χ1v) is 3.92. The van der Waals surface area contributed by atoms with Crippen LogP contribution in [0.15, 0.2) is 0 Å². The maximum atomic E-state index is 3.48. The van der Waals surface area contributed by atoms with Crippen molar-refractivity contribution >= 4 is 31.9 Å². The molecular weight excluding hydrogens is 208 g/mol. The first kappa shape index (κ1) is 5.10. The molecule has 0 nitrogen and oxygen atoms in total. The van der Waals surface area contributed by atoms with E-state index in [0.717, 1.165) is 9.65 Å². The molecule has 0 aliphatic heterocycles. The van der Waals surface area contributed by atoms with Gasteiger partial charge >= 0.3 is 0 Å². The Morgan fingerprint density at radius 2 is 1.33 bits per heavy atom. The molecule has 2 atom stereocenters. The summed E-state index contributed by atoms with van der Waals surface area (Å²) >= 11 is 6.96. The zero-order chi connectivity index (χ0) is 4.57. The van der Waals surface area contributed by atoms with Crippen LogP contribution in [0.1, 0.15) is 12.8 Å². The van der Waals surface area contributed by atoms with E-state index in [9.17, 15) is 0 Å². The summed E-state index contributed by atoms with van der Waals surface area (Å²) in [4.78, 5) is 1.52. The summed E-state index contributed by atoms with van der Waals surface area (Å²) < 4.78 is 0. The fourth-order valence-electron chi connectivity index (χ4n) is 0.419. The normalized spacial score (nSPS) is 45.0. The number of hydrogen-bond acceptors (Lipinski definition) is 0. The second-order valence-electron chi connectivity index (χ2n) is 1.61. The monoisotopic (exact) mass is 212 g/mol. The minimum atomic E-state index is 0.762. The van der Waals surface area contributed by atoms with Gasteiger partial charge in [-0.15, -0.1) is 0 Å². The Hall–Kier alpha value is 0.960. The molecule has 0 heterocycles. The molecule has 0 unspecified atom stereocenters. The molecule has 0 N–H and O–H groups in total. The highest BCUT2D eigenvalue weighted by molar-refractivity contribution is 9.12. The first-order valence-electron chi connectivity index (χ1n) is 2.09. The second kappa shape index (κ2) is 1.83. The van der Waals surface area contributed by atoms with Gasteiger partial charge < -0.3 is 0 Å². The minimum absolute atomic E-state index is 0.762. The smallest absolute Gasteiger partial charge is 0.0271 e. The average Bonchev–Trinajstić information content (AvgIpc) is 1.61. The van der Waals surface area contributed by atoms with Crippen LogP contribution in [0.25, 0.3) is 0 Å². The topological polar surface area (TPSA) is 0 Å². The molecule has 0 saturated heterocycles. The highest BCUT2D eigenvalue weighted by Crippen LogP contribution is 2.32. The summed E-state index contributed by atoms with van der Waals surface area (Å²) in [6, 6.07) is 0. The molecule has 0 spiro atoms. The molecule has 0 amide bonds. The highest BCUT2D eigenvalue weighted by atomic mass is 79.9. The minimum Gasteiger partial charge on any atom is -0.0879 e. The predicted molar refractivity (Wildman–Crippen MR) is 34.7 cm³/mol. The lowest BCUT2D eigenvalue weighted by atomic mass is 10.0. The van der Waals surface area contributed by atoms with Gasteiger partial charge in [0.1, 0.15) is 0 Å². The molecule has 1 aliphatic carbocycles. The summed E-state index contributed by atoms with van der Waals surface area (Å²) in [5.74, 6) is 0. The standard InChI is InChI=1S/C4H6Br2/c5-3-1-2-4(3)6/h3-4H,1-2H2/t3-,4-/m0/s1. The molecule has 0 aromatic rings. The molecule has 0 bridgehead atoms. The van der Waals surface area contributed by atoms with Crippen molar-refractivity contribution in [2.45, 2.75) is 22.5 Å². The van der Waals surface area contributed by atoms with Gasteiger partial charge in [-0.05, 0) is 12.8 Å². The van der Waals surface area contributed by atoms with Crippen molar-refractivity contribution in [2.24, 2.45) is 0 Å². The van der Waals surface area contributed by atoms with E-state index in [1.54, 1.807) is 0 Å². The average molecular weight is 214 g/mol. The van der Waals surface area contributed by atoms with Gasteiger partial charge in [-0.25, -0.2) is 0 Å². The fraction of sp³-hybridized carbons (Fsp3) is 1.00. The molecule has 1 rings (SSSR count). The predicted octanol–water partition coefficient (Wildman–Crippen LogP) is 2.31. The summed E-state index contributed by atoms with van der Waals surface area (Å²) in [5.41, 5.74) is 0. The van der Waals surface area contributed by atoms with Crippen molar-refractivity contribution in [3.05, 3.63) is 0 Å². The maximum Gasteiger partial charge on any atom is 0.0271 e.